The molecule has 106 valence electrons. The molecule has 2 N–H and O–H groups in total. The predicted octanol–water partition coefficient (Wildman–Crippen LogP) is 1.28. The first-order valence-corrected chi connectivity index (χ1v) is 5.62. The Morgan fingerprint density at radius 3 is 2.70 bits per heavy atom. The Bertz CT molecular complexity index is 625. The molecule has 2 aromatic rings. The van der Waals surface area contributed by atoms with E-state index in [1.54, 1.807) is 12.1 Å². The van der Waals surface area contributed by atoms with E-state index in [0.29, 0.717) is 5.52 Å². The van der Waals surface area contributed by atoms with Crippen molar-refractivity contribution in [3.05, 3.63) is 36.2 Å². The van der Waals surface area contributed by atoms with E-state index in [0.717, 1.165) is 0 Å². The van der Waals surface area contributed by atoms with Gasteiger partial charge in [0.15, 0.2) is 6.10 Å². The number of hydrogen-bond acceptors (Lipinski definition) is 4. The summed E-state index contributed by atoms with van der Waals surface area (Å²) in [6.45, 7) is -0.918. The van der Waals surface area contributed by atoms with Crippen LogP contribution in [0.3, 0.4) is 0 Å². The topological polar surface area (TPSA) is 75.1 Å². The molecule has 5 nitrogen and oxygen atoms in total. The Labute approximate surface area is 111 Å². The van der Waals surface area contributed by atoms with Crippen LogP contribution in [-0.2, 0) is 0 Å². The van der Waals surface area contributed by atoms with Crippen LogP contribution in [0.15, 0.2) is 30.6 Å². The fourth-order valence-corrected chi connectivity index (χ4v) is 1.58. The van der Waals surface area contributed by atoms with Gasteiger partial charge in [0.25, 0.3) is 5.91 Å². The third-order valence-corrected chi connectivity index (χ3v) is 2.58. The zero-order valence-corrected chi connectivity index (χ0v) is 10.1. The highest BCUT2D eigenvalue weighted by Crippen LogP contribution is 2.19. The minimum absolute atomic E-state index is 0.102. The zero-order valence-electron chi connectivity index (χ0n) is 10.1. The number of alkyl halides is 3. The van der Waals surface area contributed by atoms with Crippen LogP contribution in [0.25, 0.3) is 11.0 Å². The molecular weight excluding hydrogens is 275 g/mol. The summed E-state index contributed by atoms with van der Waals surface area (Å²) in [7, 11) is 0. The smallest absolute Gasteiger partial charge is 0.382 e. The fraction of sp³-hybridized carbons (Fsp3) is 0.250. The first-order valence-electron chi connectivity index (χ1n) is 5.62. The molecule has 1 aromatic heterocycles. The Morgan fingerprint density at radius 1 is 1.30 bits per heavy atom. The first-order chi connectivity index (χ1) is 9.39. The third-order valence-electron chi connectivity index (χ3n) is 2.58. The molecule has 0 aliphatic heterocycles. The van der Waals surface area contributed by atoms with Crippen LogP contribution in [0.2, 0.25) is 0 Å². The van der Waals surface area contributed by atoms with Crippen molar-refractivity contribution in [2.45, 2.75) is 12.3 Å². The van der Waals surface area contributed by atoms with E-state index in [-0.39, 0.29) is 11.1 Å². The third kappa shape index (κ3) is 3.02. The molecule has 0 radical (unpaired) electrons. The van der Waals surface area contributed by atoms with Gasteiger partial charge in [-0.05, 0) is 12.1 Å². The molecule has 0 saturated carbocycles. The minimum Gasteiger partial charge on any atom is -0.382 e. The normalized spacial score (nSPS) is 13.2. The highest BCUT2D eigenvalue weighted by atomic mass is 19.4. The van der Waals surface area contributed by atoms with Gasteiger partial charge < -0.3 is 10.4 Å². The van der Waals surface area contributed by atoms with E-state index in [4.69, 9.17) is 5.11 Å². The maximum atomic E-state index is 12.1. The van der Waals surface area contributed by atoms with E-state index < -0.39 is 24.7 Å². The fourth-order valence-electron chi connectivity index (χ4n) is 1.58. The number of nitrogens with one attached hydrogen (secondary N) is 1. The molecule has 1 unspecified atom stereocenters. The molecule has 0 aliphatic carbocycles. The molecule has 1 heterocycles. The summed E-state index contributed by atoms with van der Waals surface area (Å²) in [6, 6.07) is 4.60. The summed E-state index contributed by atoms with van der Waals surface area (Å²) in [6.07, 6.45) is -4.56. The van der Waals surface area contributed by atoms with Crippen LogP contribution in [0, 0.1) is 0 Å². The summed E-state index contributed by atoms with van der Waals surface area (Å²) in [5.74, 6) is -0.751. The van der Waals surface area contributed by atoms with Crippen molar-refractivity contribution in [2.75, 3.05) is 6.54 Å². The average Bonchev–Trinajstić information content (AvgIpc) is 2.42. The quantitative estimate of drug-likeness (QED) is 0.891. The van der Waals surface area contributed by atoms with E-state index in [9.17, 15) is 18.0 Å². The van der Waals surface area contributed by atoms with Crippen molar-refractivity contribution >= 4 is 16.9 Å². The van der Waals surface area contributed by atoms with Gasteiger partial charge in [-0.3, -0.25) is 14.8 Å². The molecule has 0 aliphatic rings. The minimum atomic E-state index is -4.77. The molecule has 1 amide bonds. The second kappa shape index (κ2) is 5.41. The lowest BCUT2D eigenvalue weighted by molar-refractivity contribution is -0.201. The molecule has 1 aromatic carbocycles. The van der Waals surface area contributed by atoms with Gasteiger partial charge in [-0.1, -0.05) is 6.07 Å². The highest BCUT2D eigenvalue weighted by Gasteiger charge is 2.38. The Kier molecular flexibility index (Phi) is 3.84. The lowest BCUT2D eigenvalue weighted by atomic mass is 10.1. The standard InChI is InChI=1S/C12H10F3N3O2/c13-12(14,15)9(19)6-18-11(20)7-2-1-3-8-10(7)17-5-4-16-8/h1-5,9,19H,6H2,(H,18,20). The number of amides is 1. The van der Waals surface area contributed by atoms with Gasteiger partial charge in [0.1, 0.15) is 5.52 Å². The largest absolute Gasteiger partial charge is 0.416 e. The number of carbonyl (C=O) groups is 1. The molecule has 8 heteroatoms. The predicted molar refractivity (Wildman–Crippen MR) is 63.9 cm³/mol. The molecule has 2 rings (SSSR count). The summed E-state index contributed by atoms with van der Waals surface area (Å²) in [4.78, 5) is 19.8. The number of benzene rings is 1. The van der Waals surface area contributed by atoms with Crippen LogP contribution < -0.4 is 5.32 Å². The molecule has 1 atom stereocenters. The molecule has 0 bridgehead atoms. The number of carbonyl (C=O) groups excluding carboxylic acids is 1. The van der Waals surface area contributed by atoms with E-state index in [1.165, 1.54) is 18.5 Å². The van der Waals surface area contributed by atoms with Crippen molar-refractivity contribution in [3.8, 4) is 0 Å². The van der Waals surface area contributed by atoms with Gasteiger partial charge in [-0.2, -0.15) is 13.2 Å². The van der Waals surface area contributed by atoms with Crippen molar-refractivity contribution in [1.82, 2.24) is 15.3 Å². The summed E-state index contributed by atoms with van der Waals surface area (Å²) >= 11 is 0. The number of aliphatic hydroxyl groups is 1. The highest BCUT2D eigenvalue weighted by molar-refractivity contribution is 6.04. The van der Waals surface area contributed by atoms with Gasteiger partial charge in [0.2, 0.25) is 0 Å². The lowest BCUT2D eigenvalue weighted by Crippen LogP contribution is -2.40. The molecule has 0 saturated heterocycles. The Balaban J connectivity index is 2.16. The Hall–Kier alpha value is -2.22. The molecular formula is C12H10F3N3O2. The van der Waals surface area contributed by atoms with Gasteiger partial charge in [0, 0.05) is 12.4 Å². The number of hydrogen-bond donors (Lipinski definition) is 2. The SMILES string of the molecule is O=C(NCC(O)C(F)(F)F)c1cccc2nccnc12. The second-order valence-electron chi connectivity index (χ2n) is 4.00. The number of fused-ring (bicyclic) bond motifs is 1. The number of nitrogens with zero attached hydrogens (tertiary/aromatic N) is 2. The number of rotatable bonds is 3. The first kappa shape index (κ1) is 14.2. The number of halogens is 3. The monoisotopic (exact) mass is 285 g/mol. The number of aromatic nitrogens is 2. The van der Waals surface area contributed by atoms with Crippen molar-refractivity contribution in [2.24, 2.45) is 0 Å². The molecule has 20 heavy (non-hydrogen) atoms. The van der Waals surface area contributed by atoms with Crippen LogP contribution >= 0.6 is 0 Å². The van der Waals surface area contributed by atoms with Crippen molar-refractivity contribution in [1.29, 1.82) is 0 Å². The average molecular weight is 285 g/mol. The van der Waals surface area contributed by atoms with Gasteiger partial charge in [-0.25, -0.2) is 0 Å². The van der Waals surface area contributed by atoms with E-state index >= 15 is 0 Å². The van der Waals surface area contributed by atoms with Crippen molar-refractivity contribution in [3.63, 3.8) is 0 Å². The number of para-hydroxylation sites is 1. The van der Waals surface area contributed by atoms with Gasteiger partial charge in [0.05, 0.1) is 17.6 Å². The second-order valence-corrected chi connectivity index (χ2v) is 4.00. The number of aliphatic hydroxyl groups excluding tert-OH is 1. The summed E-state index contributed by atoms with van der Waals surface area (Å²) in [5, 5.41) is 10.8. The molecule has 0 spiro atoms. The van der Waals surface area contributed by atoms with Crippen molar-refractivity contribution < 1.29 is 23.1 Å². The van der Waals surface area contributed by atoms with E-state index in [1.807, 2.05) is 5.32 Å². The maximum absolute atomic E-state index is 12.1. The summed E-state index contributed by atoms with van der Waals surface area (Å²) < 4.78 is 36.4. The maximum Gasteiger partial charge on any atom is 0.416 e. The van der Waals surface area contributed by atoms with Crippen LogP contribution in [-0.4, -0.2) is 39.8 Å². The van der Waals surface area contributed by atoms with Crippen LogP contribution in [0.1, 0.15) is 10.4 Å². The van der Waals surface area contributed by atoms with Crippen LogP contribution in [0.4, 0.5) is 13.2 Å². The molecule has 0 fully saturated rings. The van der Waals surface area contributed by atoms with E-state index in [2.05, 4.69) is 9.97 Å². The zero-order chi connectivity index (χ0) is 14.8. The lowest BCUT2D eigenvalue weighted by Gasteiger charge is -2.15. The van der Waals surface area contributed by atoms with Crippen LogP contribution in [0.5, 0.6) is 0 Å². The van der Waals surface area contributed by atoms with Gasteiger partial charge in [-0.15, -0.1) is 0 Å². The summed E-state index contributed by atoms with van der Waals surface area (Å²) in [5.41, 5.74) is 0.843. The van der Waals surface area contributed by atoms with Gasteiger partial charge >= 0.3 is 6.18 Å². The Morgan fingerprint density at radius 2 is 2.00 bits per heavy atom.